The Morgan fingerprint density at radius 1 is 1.65 bits per heavy atom. The summed E-state index contributed by atoms with van der Waals surface area (Å²) >= 11 is 0. The molecule has 0 atom stereocenters. The van der Waals surface area contributed by atoms with Crippen LogP contribution in [0.3, 0.4) is 0 Å². The molecule has 0 amide bonds. The highest BCUT2D eigenvalue weighted by molar-refractivity contribution is 5.72. The fraction of sp³-hybridized carbons (Fsp3) is 0.643. The largest absolute Gasteiger partial charge is 0.466 e. The Labute approximate surface area is 118 Å². The number of hydrogen-bond donors (Lipinski definition) is 1. The average Bonchev–Trinajstić information content (AvgIpc) is 2.86. The summed E-state index contributed by atoms with van der Waals surface area (Å²) in [6, 6.07) is 1.99. The smallest absolute Gasteiger partial charge is 0.308 e. The van der Waals surface area contributed by atoms with Crippen molar-refractivity contribution in [3.05, 3.63) is 18.2 Å². The molecule has 108 valence electrons. The number of esters is 1. The molecule has 2 rings (SSSR count). The van der Waals surface area contributed by atoms with Gasteiger partial charge >= 0.3 is 5.97 Å². The van der Waals surface area contributed by atoms with E-state index < -0.39 is 5.60 Å². The Hall–Kier alpha value is -1.87. The van der Waals surface area contributed by atoms with Crippen molar-refractivity contribution in [3.63, 3.8) is 0 Å². The highest BCUT2D eigenvalue weighted by Crippen LogP contribution is 2.34. The predicted octanol–water partition coefficient (Wildman–Crippen LogP) is 1.24. The van der Waals surface area contributed by atoms with Crippen LogP contribution >= 0.6 is 0 Å². The van der Waals surface area contributed by atoms with Crippen molar-refractivity contribution in [3.8, 4) is 6.07 Å². The summed E-state index contributed by atoms with van der Waals surface area (Å²) in [5.41, 5.74) is -0.880. The SMILES string of the molecule is CCOC(=O)C1CCC(O)(Cn2ccnc2C#N)CC1. The van der Waals surface area contributed by atoms with Gasteiger partial charge in [0.15, 0.2) is 0 Å². The van der Waals surface area contributed by atoms with E-state index in [9.17, 15) is 9.90 Å². The monoisotopic (exact) mass is 277 g/mol. The zero-order valence-corrected chi connectivity index (χ0v) is 11.6. The minimum absolute atomic E-state index is 0.117. The van der Waals surface area contributed by atoms with Gasteiger partial charge in [-0.15, -0.1) is 0 Å². The third kappa shape index (κ3) is 3.17. The molecule has 1 N–H and O–H groups in total. The lowest BCUT2D eigenvalue weighted by molar-refractivity contribution is -0.151. The Morgan fingerprint density at radius 2 is 2.35 bits per heavy atom. The molecule has 1 aromatic rings. The molecule has 1 aromatic heterocycles. The van der Waals surface area contributed by atoms with Crippen molar-refractivity contribution in [2.24, 2.45) is 5.92 Å². The van der Waals surface area contributed by atoms with E-state index in [1.165, 1.54) is 0 Å². The molecule has 0 saturated heterocycles. The van der Waals surface area contributed by atoms with Gasteiger partial charge in [-0.1, -0.05) is 0 Å². The van der Waals surface area contributed by atoms with Gasteiger partial charge in [0.1, 0.15) is 6.07 Å². The first-order valence-corrected chi connectivity index (χ1v) is 6.88. The number of aromatic nitrogens is 2. The Kier molecular flexibility index (Phi) is 4.40. The second-order valence-electron chi connectivity index (χ2n) is 5.24. The molecule has 0 aromatic carbocycles. The van der Waals surface area contributed by atoms with E-state index in [4.69, 9.17) is 10.00 Å². The normalized spacial score (nSPS) is 25.9. The van der Waals surface area contributed by atoms with Gasteiger partial charge in [0.2, 0.25) is 5.82 Å². The molecule has 1 saturated carbocycles. The topological polar surface area (TPSA) is 88.1 Å². The van der Waals surface area contributed by atoms with E-state index in [-0.39, 0.29) is 11.9 Å². The van der Waals surface area contributed by atoms with E-state index in [0.29, 0.717) is 44.7 Å². The molecule has 1 aliphatic rings. The molecule has 1 fully saturated rings. The lowest BCUT2D eigenvalue weighted by Crippen LogP contribution is -2.40. The van der Waals surface area contributed by atoms with Crippen molar-refractivity contribution < 1.29 is 14.6 Å². The molecule has 6 nitrogen and oxygen atoms in total. The summed E-state index contributed by atoms with van der Waals surface area (Å²) in [4.78, 5) is 15.6. The van der Waals surface area contributed by atoms with Crippen molar-refractivity contribution in [2.45, 2.75) is 44.8 Å². The van der Waals surface area contributed by atoms with E-state index in [2.05, 4.69) is 4.98 Å². The zero-order chi connectivity index (χ0) is 14.6. The third-order valence-electron chi connectivity index (χ3n) is 3.82. The molecule has 0 aliphatic heterocycles. The number of nitrogens with zero attached hydrogens (tertiary/aromatic N) is 3. The molecule has 0 spiro atoms. The molecular weight excluding hydrogens is 258 g/mol. The first kappa shape index (κ1) is 14.5. The van der Waals surface area contributed by atoms with Gasteiger partial charge in [-0.3, -0.25) is 4.79 Å². The summed E-state index contributed by atoms with van der Waals surface area (Å²) in [6.45, 7) is 2.52. The summed E-state index contributed by atoms with van der Waals surface area (Å²) in [5, 5.41) is 19.5. The minimum Gasteiger partial charge on any atom is -0.466 e. The number of ether oxygens (including phenoxy) is 1. The Morgan fingerprint density at radius 3 is 2.95 bits per heavy atom. The number of nitriles is 1. The number of imidazole rings is 1. The second-order valence-corrected chi connectivity index (χ2v) is 5.24. The van der Waals surface area contributed by atoms with Gasteiger partial charge in [-0.05, 0) is 32.6 Å². The predicted molar refractivity (Wildman–Crippen MR) is 70.5 cm³/mol. The number of carbonyl (C=O) groups is 1. The van der Waals surface area contributed by atoms with Crippen LogP contribution in [0.4, 0.5) is 0 Å². The van der Waals surface area contributed by atoms with Gasteiger partial charge < -0.3 is 14.4 Å². The maximum atomic E-state index is 11.7. The molecule has 0 bridgehead atoms. The van der Waals surface area contributed by atoms with Crippen LogP contribution in [-0.4, -0.2) is 32.8 Å². The van der Waals surface area contributed by atoms with Crippen LogP contribution in [0.5, 0.6) is 0 Å². The van der Waals surface area contributed by atoms with Crippen LogP contribution in [0, 0.1) is 17.2 Å². The Balaban J connectivity index is 1.95. The lowest BCUT2D eigenvalue weighted by Gasteiger charge is -2.35. The maximum Gasteiger partial charge on any atom is 0.308 e. The molecule has 1 heterocycles. The van der Waals surface area contributed by atoms with Crippen LogP contribution in [0.2, 0.25) is 0 Å². The molecule has 1 aliphatic carbocycles. The fourth-order valence-corrected chi connectivity index (χ4v) is 2.68. The second kappa shape index (κ2) is 6.06. The van der Waals surface area contributed by atoms with E-state index in [1.807, 2.05) is 6.07 Å². The van der Waals surface area contributed by atoms with Crippen LogP contribution in [0.1, 0.15) is 38.4 Å². The van der Waals surface area contributed by atoms with Gasteiger partial charge in [0, 0.05) is 12.4 Å². The molecule has 0 radical (unpaired) electrons. The number of aliphatic hydroxyl groups is 1. The summed E-state index contributed by atoms with van der Waals surface area (Å²) < 4.78 is 6.67. The first-order chi connectivity index (χ1) is 9.58. The van der Waals surface area contributed by atoms with Crippen molar-refractivity contribution >= 4 is 5.97 Å². The number of rotatable bonds is 4. The first-order valence-electron chi connectivity index (χ1n) is 6.88. The lowest BCUT2D eigenvalue weighted by atomic mass is 9.78. The number of carbonyl (C=O) groups excluding carboxylic acids is 1. The molecule has 6 heteroatoms. The zero-order valence-electron chi connectivity index (χ0n) is 11.6. The standard InChI is InChI=1S/C14H19N3O3/c1-2-20-13(18)11-3-5-14(19,6-4-11)10-17-8-7-16-12(17)9-15/h7-8,11,19H,2-6,10H2,1H3. The van der Waals surface area contributed by atoms with Crippen LogP contribution in [0.15, 0.2) is 12.4 Å². The third-order valence-corrected chi connectivity index (χ3v) is 3.82. The van der Waals surface area contributed by atoms with Crippen LogP contribution in [-0.2, 0) is 16.1 Å². The van der Waals surface area contributed by atoms with E-state index in [1.54, 1.807) is 23.9 Å². The van der Waals surface area contributed by atoms with Crippen LogP contribution in [0.25, 0.3) is 0 Å². The number of hydrogen-bond acceptors (Lipinski definition) is 5. The molecular formula is C14H19N3O3. The Bertz CT molecular complexity index is 510. The maximum absolute atomic E-state index is 11.7. The van der Waals surface area contributed by atoms with Crippen molar-refractivity contribution in [1.29, 1.82) is 5.26 Å². The molecule has 20 heavy (non-hydrogen) atoms. The molecule has 0 unspecified atom stereocenters. The van der Waals surface area contributed by atoms with E-state index in [0.717, 1.165) is 0 Å². The van der Waals surface area contributed by atoms with E-state index >= 15 is 0 Å². The van der Waals surface area contributed by atoms with Gasteiger partial charge in [0.05, 0.1) is 24.7 Å². The summed E-state index contributed by atoms with van der Waals surface area (Å²) in [5.74, 6) is 0.00860. The fourth-order valence-electron chi connectivity index (χ4n) is 2.68. The summed E-state index contributed by atoms with van der Waals surface area (Å²) in [7, 11) is 0. The van der Waals surface area contributed by atoms with Crippen molar-refractivity contribution in [1.82, 2.24) is 9.55 Å². The van der Waals surface area contributed by atoms with Crippen LogP contribution < -0.4 is 0 Å². The minimum atomic E-state index is -0.880. The van der Waals surface area contributed by atoms with Crippen molar-refractivity contribution in [2.75, 3.05) is 6.61 Å². The average molecular weight is 277 g/mol. The highest BCUT2D eigenvalue weighted by Gasteiger charge is 2.36. The van der Waals surface area contributed by atoms with Gasteiger partial charge in [0.25, 0.3) is 0 Å². The highest BCUT2D eigenvalue weighted by atomic mass is 16.5. The van der Waals surface area contributed by atoms with Gasteiger partial charge in [-0.2, -0.15) is 5.26 Å². The summed E-state index contributed by atoms with van der Waals surface area (Å²) in [6.07, 6.45) is 5.52. The van der Waals surface area contributed by atoms with Gasteiger partial charge in [-0.25, -0.2) is 4.98 Å². The quantitative estimate of drug-likeness (QED) is 0.836.